The number of fused-ring (bicyclic) bond motifs is 1. The number of aromatic nitrogens is 2. The average molecular weight is 450 g/mol. The topological polar surface area (TPSA) is 74.6 Å². The van der Waals surface area contributed by atoms with Crippen molar-refractivity contribution in [2.75, 3.05) is 21.3 Å². The van der Waals surface area contributed by atoms with E-state index in [1.165, 1.54) is 16.8 Å². The minimum Gasteiger partial charge on any atom is -0.493 e. The molecule has 1 N–H and O–H groups in total. The van der Waals surface area contributed by atoms with Crippen LogP contribution in [0.1, 0.15) is 46.8 Å². The number of carbonyl (C=O) groups excluding carboxylic acids is 1. The standard InChI is InChI=1S/C26H31N3O4/c1-16-9-17(2)11-19(10-16)29-22-8-6-7-21(20(22)15-27-29)28-25(30)14-18-12-23(31-3)26(33-5)24(13-18)32-4/h9-13,15,21H,6-8,14H2,1-5H3,(H,28,30)/t21-/m0/s1. The van der Waals surface area contributed by atoms with Crippen LogP contribution in [-0.4, -0.2) is 37.0 Å². The monoisotopic (exact) mass is 449 g/mol. The summed E-state index contributed by atoms with van der Waals surface area (Å²) in [5, 5.41) is 7.88. The van der Waals surface area contributed by atoms with Gasteiger partial charge in [0.05, 0.1) is 45.7 Å². The molecule has 3 aromatic rings. The van der Waals surface area contributed by atoms with Crippen LogP contribution < -0.4 is 19.5 Å². The molecule has 1 atom stereocenters. The van der Waals surface area contributed by atoms with E-state index in [1.54, 1.807) is 21.3 Å². The molecule has 0 saturated heterocycles. The number of nitrogens with zero attached hydrogens (tertiary/aromatic N) is 2. The van der Waals surface area contributed by atoms with Gasteiger partial charge in [-0.1, -0.05) is 6.07 Å². The second-order valence-electron chi connectivity index (χ2n) is 8.53. The smallest absolute Gasteiger partial charge is 0.224 e. The zero-order chi connectivity index (χ0) is 23.5. The molecule has 0 saturated carbocycles. The molecule has 33 heavy (non-hydrogen) atoms. The molecule has 0 radical (unpaired) electrons. The number of rotatable bonds is 7. The third kappa shape index (κ3) is 4.67. The zero-order valence-electron chi connectivity index (χ0n) is 19.9. The zero-order valence-corrected chi connectivity index (χ0v) is 19.9. The molecule has 1 amide bonds. The van der Waals surface area contributed by atoms with Crippen LogP contribution in [0.3, 0.4) is 0 Å². The molecule has 0 bridgehead atoms. The Morgan fingerprint density at radius 3 is 2.30 bits per heavy atom. The summed E-state index contributed by atoms with van der Waals surface area (Å²) >= 11 is 0. The van der Waals surface area contributed by atoms with Crippen LogP contribution in [-0.2, 0) is 17.6 Å². The summed E-state index contributed by atoms with van der Waals surface area (Å²) in [4.78, 5) is 13.0. The third-order valence-corrected chi connectivity index (χ3v) is 6.06. The summed E-state index contributed by atoms with van der Waals surface area (Å²) in [7, 11) is 4.70. The Kier molecular flexibility index (Phi) is 6.58. The predicted octanol–water partition coefficient (Wildman–Crippen LogP) is 4.25. The molecule has 1 aliphatic carbocycles. The van der Waals surface area contributed by atoms with Crippen LogP contribution in [0.5, 0.6) is 17.2 Å². The summed E-state index contributed by atoms with van der Waals surface area (Å²) in [6, 6.07) is 10.0. The largest absolute Gasteiger partial charge is 0.493 e. The first-order chi connectivity index (χ1) is 15.9. The first-order valence-electron chi connectivity index (χ1n) is 11.2. The Morgan fingerprint density at radius 1 is 1.03 bits per heavy atom. The maximum Gasteiger partial charge on any atom is 0.224 e. The predicted molar refractivity (Wildman–Crippen MR) is 127 cm³/mol. The fraction of sp³-hybridized carbons (Fsp3) is 0.385. The van der Waals surface area contributed by atoms with Crippen molar-refractivity contribution in [3.63, 3.8) is 0 Å². The highest BCUT2D eigenvalue weighted by atomic mass is 16.5. The number of amides is 1. The van der Waals surface area contributed by atoms with Crippen molar-refractivity contribution >= 4 is 5.91 Å². The van der Waals surface area contributed by atoms with Crippen molar-refractivity contribution in [1.29, 1.82) is 0 Å². The molecule has 0 aliphatic heterocycles. The number of hydrogen-bond acceptors (Lipinski definition) is 5. The second-order valence-corrected chi connectivity index (χ2v) is 8.53. The first-order valence-corrected chi connectivity index (χ1v) is 11.2. The minimum atomic E-state index is -0.0544. The Morgan fingerprint density at radius 2 is 1.70 bits per heavy atom. The van der Waals surface area contributed by atoms with E-state index in [1.807, 2.05) is 23.0 Å². The highest BCUT2D eigenvalue weighted by Gasteiger charge is 2.26. The van der Waals surface area contributed by atoms with Crippen LogP contribution in [0.2, 0.25) is 0 Å². The van der Waals surface area contributed by atoms with Gasteiger partial charge in [-0.15, -0.1) is 0 Å². The van der Waals surface area contributed by atoms with E-state index in [0.717, 1.165) is 36.1 Å². The Balaban J connectivity index is 1.54. The van der Waals surface area contributed by atoms with Crippen molar-refractivity contribution in [3.8, 4) is 22.9 Å². The molecule has 1 aliphatic rings. The van der Waals surface area contributed by atoms with Gasteiger partial charge in [-0.25, -0.2) is 4.68 Å². The molecule has 1 aromatic heterocycles. The van der Waals surface area contributed by atoms with E-state index in [9.17, 15) is 4.79 Å². The van der Waals surface area contributed by atoms with Crippen molar-refractivity contribution in [3.05, 3.63) is 64.5 Å². The van der Waals surface area contributed by atoms with E-state index in [0.29, 0.717) is 17.2 Å². The van der Waals surface area contributed by atoms with Gasteiger partial charge in [0.2, 0.25) is 11.7 Å². The lowest BCUT2D eigenvalue weighted by atomic mass is 9.92. The Hall–Kier alpha value is -3.48. The van der Waals surface area contributed by atoms with Gasteiger partial charge >= 0.3 is 0 Å². The molecular weight excluding hydrogens is 418 g/mol. The number of nitrogens with one attached hydrogen (secondary N) is 1. The van der Waals surface area contributed by atoms with Crippen LogP contribution in [0.15, 0.2) is 36.5 Å². The molecule has 2 aromatic carbocycles. The summed E-state index contributed by atoms with van der Waals surface area (Å²) in [5.41, 5.74) is 6.55. The maximum absolute atomic E-state index is 13.0. The molecule has 1 heterocycles. The number of methoxy groups -OCH3 is 3. The maximum atomic E-state index is 13.0. The van der Waals surface area contributed by atoms with E-state index < -0.39 is 0 Å². The van der Waals surface area contributed by atoms with Gasteiger partial charge in [-0.05, 0) is 74.1 Å². The number of hydrogen-bond donors (Lipinski definition) is 1. The quantitative estimate of drug-likeness (QED) is 0.584. The van der Waals surface area contributed by atoms with Crippen molar-refractivity contribution < 1.29 is 19.0 Å². The fourth-order valence-corrected chi connectivity index (χ4v) is 4.67. The van der Waals surface area contributed by atoms with Gasteiger partial charge in [0.25, 0.3) is 0 Å². The van der Waals surface area contributed by atoms with Crippen LogP contribution in [0, 0.1) is 13.8 Å². The minimum absolute atomic E-state index is 0.0528. The van der Waals surface area contributed by atoms with Gasteiger partial charge in [0.1, 0.15) is 0 Å². The molecule has 0 fully saturated rings. The van der Waals surface area contributed by atoms with Gasteiger partial charge in [0, 0.05) is 11.3 Å². The van der Waals surface area contributed by atoms with E-state index in [-0.39, 0.29) is 18.4 Å². The molecule has 0 spiro atoms. The molecular formula is C26H31N3O4. The van der Waals surface area contributed by atoms with Gasteiger partial charge in [0.15, 0.2) is 11.5 Å². The van der Waals surface area contributed by atoms with E-state index >= 15 is 0 Å². The first kappa shape index (κ1) is 22.7. The molecule has 4 rings (SSSR count). The summed E-state index contributed by atoms with van der Waals surface area (Å²) in [6.45, 7) is 4.19. The highest BCUT2D eigenvalue weighted by molar-refractivity contribution is 5.79. The lowest BCUT2D eigenvalue weighted by Crippen LogP contribution is -2.32. The lowest BCUT2D eigenvalue weighted by Gasteiger charge is -2.24. The summed E-state index contributed by atoms with van der Waals surface area (Å²) < 4.78 is 18.2. The van der Waals surface area contributed by atoms with Crippen LogP contribution >= 0.6 is 0 Å². The van der Waals surface area contributed by atoms with Crippen molar-refractivity contribution in [2.45, 2.75) is 45.6 Å². The SMILES string of the molecule is COc1cc(CC(=O)N[C@H]2CCCc3c2cnn3-c2cc(C)cc(C)c2)cc(OC)c1OC. The molecule has 7 nitrogen and oxygen atoms in total. The van der Waals surface area contributed by atoms with E-state index in [4.69, 9.17) is 14.2 Å². The van der Waals surface area contributed by atoms with Crippen molar-refractivity contribution in [2.24, 2.45) is 0 Å². The Bertz CT molecular complexity index is 1120. The summed E-state index contributed by atoms with van der Waals surface area (Å²) in [6.07, 6.45) is 4.96. The van der Waals surface area contributed by atoms with Gasteiger partial charge in [-0.3, -0.25) is 4.79 Å². The van der Waals surface area contributed by atoms with E-state index in [2.05, 4.69) is 42.5 Å². The number of benzene rings is 2. The van der Waals surface area contributed by atoms with Gasteiger partial charge < -0.3 is 19.5 Å². The van der Waals surface area contributed by atoms with Crippen molar-refractivity contribution in [1.82, 2.24) is 15.1 Å². The average Bonchev–Trinajstić information content (AvgIpc) is 3.23. The molecule has 174 valence electrons. The second kappa shape index (κ2) is 9.57. The summed E-state index contributed by atoms with van der Waals surface area (Å²) in [5.74, 6) is 1.53. The number of aryl methyl sites for hydroxylation is 2. The molecule has 7 heteroatoms. The third-order valence-electron chi connectivity index (χ3n) is 6.06. The van der Waals surface area contributed by atoms with Gasteiger partial charge in [-0.2, -0.15) is 5.10 Å². The number of carbonyl (C=O) groups is 1. The highest BCUT2D eigenvalue weighted by Crippen LogP contribution is 2.38. The molecule has 0 unspecified atom stereocenters. The van der Waals surface area contributed by atoms with Crippen LogP contribution in [0.25, 0.3) is 5.69 Å². The lowest BCUT2D eigenvalue weighted by molar-refractivity contribution is -0.121. The Labute approximate surface area is 194 Å². The fourth-order valence-electron chi connectivity index (χ4n) is 4.67. The normalized spacial score (nSPS) is 15.0. The number of ether oxygens (including phenoxy) is 3. The van der Waals surface area contributed by atoms with Crippen LogP contribution in [0.4, 0.5) is 0 Å².